The molecule has 0 amide bonds. The van der Waals surface area contributed by atoms with Crippen LogP contribution in [-0.2, 0) is 0 Å². The van der Waals surface area contributed by atoms with Crippen molar-refractivity contribution >= 4 is 39.0 Å². The van der Waals surface area contributed by atoms with Gasteiger partial charge in [0.25, 0.3) is 0 Å². The Balaban J connectivity index is 2.16. The van der Waals surface area contributed by atoms with Gasteiger partial charge in [0.1, 0.15) is 0 Å². The average Bonchev–Trinajstić information content (AvgIpc) is 2.58. The zero-order valence-corrected chi connectivity index (χ0v) is 9.93. The maximum absolute atomic E-state index is 3.55. The lowest BCUT2D eigenvalue weighted by molar-refractivity contribution is 0.718. The van der Waals surface area contributed by atoms with E-state index in [1.807, 2.05) is 11.8 Å². The summed E-state index contributed by atoms with van der Waals surface area (Å²) in [6.45, 7) is 3.38. The lowest BCUT2D eigenvalue weighted by Crippen LogP contribution is -2.13. The Bertz CT molecular complexity index is 274. The van der Waals surface area contributed by atoms with E-state index in [0.29, 0.717) is 5.37 Å². The van der Waals surface area contributed by atoms with Crippen molar-refractivity contribution in [3.63, 3.8) is 0 Å². The number of hydrogen-bond donors (Lipinski definition) is 1. The summed E-state index contributed by atoms with van der Waals surface area (Å²) in [6.07, 6.45) is 0. The monoisotopic (exact) mass is 263 g/mol. The topological polar surface area (TPSA) is 12.0 Å². The molecule has 1 aliphatic heterocycles. The molecule has 1 aliphatic rings. The SMILES string of the molecule is CC1CNC(c2cscc2Br)S1. The second-order valence-corrected chi connectivity index (χ2v) is 6.06. The van der Waals surface area contributed by atoms with Gasteiger partial charge >= 0.3 is 0 Å². The van der Waals surface area contributed by atoms with Gasteiger partial charge in [-0.15, -0.1) is 11.8 Å². The Labute approximate surface area is 89.1 Å². The van der Waals surface area contributed by atoms with Gasteiger partial charge in [0.05, 0.1) is 5.37 Å². The number of thioether (sulfide) groups is 1. The van der Waals surface area contributed by atoms with Crippen molar-refractivity contribution in [1.29, 1.82) is 0 Å². The molecule has 1 saturated heterocycles. The second kappa shape index (κ2) is 3.70. The quantitative estimate of drug-likeness (QED) is 0.835. The standard InChI is InChI=1S/C8H10BrNS2/c1-5-2-10-8(12-5)6-3-11-4-7(6)9/h3-5,8,10H,2H2,1H3. The van der Waals surface area contributed by atoms with Gasteiger partial charge in [-0.25, -0.2) is 0 Å². The zero-order chi connectivity index (χ0) is 8.55. The van der Waals surface area contributed by atoms with Crippen LogP contribution >= 0.6 is 39.0 Å². The first-order valence-electron chi connectivity index (χ1n) is 3.88. The predicted molar refractivity (Wildman–Crippen MR) is 59.8 cm³/mol. The minimum absolute atomic E-state index is 0.501. The summed E-state index contributed by atoms with van der Waals surface area (Å²) in [7, 11) is 0. The highest BCUT2D eigenvalue weighted by Gasteiger charge is 2.24. The molecule has 12 heavy (non-hydrogen) atoms. The van der Waals surface area contributed by atoms with Crippen LogP contribution in [-0.4, -0.2) is 11.8 Å². The van der Waals surface area contributed by atoms with E-state index < -0.39 is 0 Å². The lowest BCUT2D eigenvalue weighted by Gasteiger charge is -2.07. The molecular formula is C8H10BrNS2. The second-order valence-electron chi connectivity index (χ2n) is 2.91. The molecule has 66 valence electrons. The molecule has 0 radical (unpaired) electrons. The Hall–Kier alpha value is 0.490. The summed E-state index contributed by atoms with van der Waals surface area (Å²) in [5.74, 6) is 0. The fraction of sp³-hybridized carbons (Fsp3) is 0.500. The third-order valence-electron chi connectivity index (χ3n) is 1.88. The van der Waals surface area contributed by atoms with E-state index in [0.717, 1.165) is 11.8 Å². The van der Waals surface area contributed by atoms with Crippen molar-refractivity contribution < 1.29 is 0 Å². The number of rotatable bonds is 1. The molecule has 2 atom stereocenters. The summed E-state index contributed by atoms with van der Waals surface area (Å²) in [5, 5.41) is 9.08. The van der Waals surface area contributed by atoms with E-state index in [1.54, 1.807) is 11.3 Å². The molecule has 2 heterocycles. The van der Waals surface area contributed by atoms with Crippen molar-refractivity contribution in [3.05, 3.63) is 20.8 Å². The Kier molecular flexibility index (Phi) is 2.79. The van der Waals surface area contributed by atoms with Crippen molar-refractivity contribution in [1.82, 2.24) is 5.32 Å². The molecule has 0 spiro atoms. The smallest absolute Gasteiger partial charge is 0.0812 e. The maximum Gasteiger partial charge on any atom is 0.0812 e. The van der Waals surface area contributed by atoms with Crippen LogP contribution in [0.4, 0.5) is 0 Å². The van der Waals surface area contributed by atoms with Gasteiger partial charge in [0.15, 0.2) is 0 Å². The molecule has 0 bridgehead atoms. The van der Waals surface area contributed by atoms with Gasteiger partial charge in [0, 0.05) is 27.2 Å². The van der Waals surface area contributed by atoms with E-state index in [-0.39, 0.29) is 0 Å². The summed E-state index contributed by atoms with van der Waals surface area (Å²) in [4.78, 5) is 0. The fourth-order valence-electron chi connectivity index (χ4n) is 1.26. The van der Waals surface area contributed by atoms with Gasteiger partial charge in [-0.05, 0) is 21.3 Å². The Morgan fingerprint density at radius 2 is 2.42 bits per heavy atom. The molecule has 1 fully saturated rings. The number of thiophene rings is 1. The van der Waals surface area contributed by atoms with E-state index in [4.69, 9.17) is 0 Å². The first-order chi connectivity index (χ1) is 5.77. The number of hydrogen-bond acceptors (Lipinski definition) is 3. The summed E-state index contributed by atoms with van der Waals surface area (Å²) in [5.41, 5.74) is 1.40. The number of halogens is 1. The van der Waals surface area contributed by atoms with Gasteiger partial charge < -0.3 is 5.32 Å². The maximum atomic E-state index is 3.55. The van der Waals surface area contributed by atoms with Crippen molar-refractivity contribution in [3.8, 4) is 0 Å². The fourth-order valence-corrected chi connectivity index (χ4v) is 4.24. The Morgan fingerprint density at radius 1 is 1.58 bits per heavy atom. The molecule has 1 N–H and O–H groups in total. The van der Waals surface area contributed by atoms with E-state index in [9.17, 15) is 0 Å². The third-order valence-corrected chi connectivity index (χ3v) is 4.96. The van der Waals surface area contributed by atoms with Crippen LogP contribution in [0.5, 0.6) is 0 Å². The van der Waals surface area contributed by atoms with Crippen LogP contribution in [0, 0.1) is 0 Å². The predicted octanol–water partition coefficient (Wildman–Crippen LogP) is 3.23. The highest BCUT2D eigenvalue weighted by atomic mass is 79.9. The van der Waals surface area contributed by atoms with Gasteiger partial charge in [-0.1, -0.05) is 6.92 Å². The van der Waals surface area contributed by atoms with E-state index in [2.05, 4.69) is 38.9 Å². The van der Waals surface area contributed by atoms with Gasteiger partial charge in [0.2, 0.25) is 0 Å². The molecular weight excluding hydrogens is 254 g/mol. The largest absolute Gasteiger partial charge is 0.300 e. The van der Waals surface area contributed by atoms with Crippen molar-refractivity contribution in [2.45, 2.75) is 17.5 Å². The van der Waals surface area contributed by atoms with Gasteiger partial charge in [-0.2, -0.15) is 11.3 Å². The van der Waals surface area contributed by atoms with E-state index >= 15 is 0 Å². The molecule has 0 saturated carbocycles. The first-order valence-corrected chi connectivity index (χ1v) is 6.55. The summed E-state index contributed by atoms with van der Waals surface area (Å²) >= 11 is 7.31. The molecule has 4 heteroatoms. The Morgan fingerprint density at radius 3 is 2.92 bits per heavy atom. The van der Waals surface area contributed by atoms with Crippen LogP contribution in [0.15, 0.2) is 15.2 Å². The van der Waals surface area contributed by atoms with Crippen molar-refractivity contribution in [2.24, 2.45) is 0 Å². The molecule has 0 aliphatic carbocycles. The van der Waals surface area contributed by atoms with Crippen LogP contribution in [0.2, 0.25) is 0 Å². The third kappa shape index (κ3) is 1.71. The van der Waals surface area contributed by atoms with Crippen LogP contribution in [0.1, 0.15) is 17.9 Å². The van der Waals surface area contributed by atoms with Crippen molar-refractivity contribution in [2.75, 3.05) is 6.54 Å². The number of nitrogens with one attached hydrogen (secondary N) is 1. The summed E-state index contributed by atoms with van der Waals surface area (Å²) in [6, 6.07) is 0. The highest BCUT2D eigenvalue weighted by Crippen LogP contribution is 2.39. The van der Waals surface area contributed by atoms with Crippen LogP contribution < -0.4 is 5.32 Å². The van der Waals surface area contributed by atoms with Crippen LogP contribution in [0.3, 0.4) is 0 Å². The molecule has 1 nitrogen and oxygen atoms in total. The average molecular weight is 264 g/mol. The summed E-state index contributed by atoms with van der Waals surface area (Å²) < 4.78 is 1.24. The minimum Gasteiger partial charge on any atom is -0.300 e. The minimum atomic E-state index is 0.501. The molecule has 0 aromatic carbocycles. The molecule has 1 aromatic rings. The van der Waals surface area contributed by atoms with Gasteiger partial charge in [-0.3, -0.25) is 0 Å². The molecule has 1 aromatic heterocycles. The lowest BCUT2D eigenvalue weighted by atomic mass is 10.3. The normalized spacial score (nSPS) is 29.5. The van der Waals surface area contributed by atoms with Crippen LogP contribution in [0.25, 0.3) is 0 Å². The zero-order valence-electron chi connectivity index (χ0n) is 6.71. The molecule has 2 rings (SSSR count). The van der Waals surface area contributed by atoms with E-state index in [1.165, 1.54) is 10.0 Å². The first kappa shape index (κ1) is 9.06. The highest BCUT2D eigenvalue weighted by molar-refractivity contribution is 9.10. The molecule has 2 unspecified atom stereocenters.